The Morgan fingerprint density at radius 3 is 1.79 bits per heavy atom. The minimum absolute atomic E-state index is 0.136. The van der Waals surface area contributed by atoms with Gasteiger partial charge in [-0.25, -0.2) is 9.79 Å². The maximum Gasteiger partial charge on any atom is 0.318 e. The van der Waals surface area contributed by atoms with Crippen LogP contribution in [0.1, 0.15) is 43.7 Å². The van der Waals surface area contributed by atoms with Crippen LogP contribution in [0.5, 0.6) is 0 Å². The Bertz CT molecular complexity index is 3570. The molecule has 0 bridgehead atoms. The number of nitrogens with zero attached hydrogens (tertiary/aromatic N) is 1. The van der Waals surface area contributed by atoms with Crippen molar-refractivity contribution in [3.63, 3.8) is 0 Å². The van der Waals surface area contributed by atoms with Crippen molar-refractivity contribution in [2.45, 2.75) is 56.2 Å². The highest BCUT2D eigenvalue weighted by Gasteiger charge is 2.29. The number of aryl methyl sites for hydroxylation is 4. The van der Waals surface area contributed by atoms with Crippen molar-refractivity contribution in [3.05, 3.63) is 135 Å². The van der Waals surface area contributed by atoms with E-state index in [-0.39, 0.29) is 50.2 Å². The van der Waals surface area contributed by atoms with E-state index < -0.39 is 57.0 Å². The van der Waals surface area contributed by atoms with Gasteiger partial charge < -0.3 is 25.7 Å². The maximum absolute atomic E-state index is 13.3. The molecule has 0 fully saturated rings. The molecule has 2 aliphatic rings. The number of nitrogens with one attached hydrogen (secondary N) is 4. The van der Waals surface area contributed by atoms with Crippen LogP contribution in [0.4, 0.5) is 33.2 Å². The zero-order valence-electron chi connectivity index (χ0n) is 36.3. The summed E-state index contributed by atoms with van der Waals surface area (Å²) in [6, 6.07) is 20.9. The number of urea groups is 1. The fraction of sp³-hybridized carbons (Fsp3) is 0.152. The molecule has 1 aliphatic heterocycles. The summed E-state index contributed by atoms with van der Waals surface area (Å²) in [5.74, 6) is -0.567. The topological polar surface area (TPSA) is 271 Å². The van der Waals surface area contributed by atoms with Crippen molar-refractivity contribution in [1.82, 2.24) is 5.32 Å². The molecule has 5 aromatic rings. The van der Waals surface area contributed by atoms with Gasteiger partial charge in [-0.1, -0.05) is 48.5 Å². The normalized spacial score (nSPS) is 12.4. The highest BCUT2D eigenvalue weighted by atomic mass is 32.2. The summed E-state index contributed by atoms with van der Waals surface area (Å²) in [7, 11) is -13.9. The number of benzene rings is 6. The van der Waals surface area contributed by atoms with E-state index >= 15 is 0 Å². The van der Waals surface area contributed by atoms with Gasteiger partial charge in [-0.3, -0.25) is 18.5 Å². The molecule has 0 aromatic heterocycles. The van der Waals surface area contributed by atoms with Gasteiger partial charge in [-0.15, -0.1) is 0 Å². The minimum Gasteiger partial charge on any atom is -0.456 e. The van der Waals surface area contributed by atoms with E-state index in [0.29, 0.717) is 56.0 Å². The summed E-state index contributed by atoms with van der Waals surface area (Å²) in [5.41, 5.74) is 4.26. The van der Waals surface area contributed by atoms with Gasteiger partial charge in [0.25, 0.3) is 36.3 Å². The molecule has 7 N–H and O–H groups in total. The van der Waals surface area contributed by atoms with Crippen molar-refractivity contribution in [2.24, 2.45) is 4.99 Å². The van der Waals surface area contributed by atoms with E-state index in [0.717, 1.165) is 18.2 Å². The Kier molecular flexibility index (Phi) is 12.4. The van der Waals surface area contributed by atoms with Crippen LogP contribution >= 0.6 is 0 Å². The fourth-order valence-electron chi connectivity index (χ4n) is 8.04. The largest absolute Gasteiger partial charge is 0.456 e. The molecule has 0 atom stereocenters. The smallest absolute Gasteiger partial charge is 0.318 e. The van der Waals surface area contributed by atoms with Crippen LogP contribution in [0.15, 0.2) is 115 Å². The molecular weight excluding hydrogens is 911 g/mol. The van der Waals surface area contributed by atoms with E-state index in [1.807, 2.05) is 0 Å². The van der Waals surface area contributed by atoms with Gasteiger partial charge in [0.15, 0.2) is 0 Å². The summed E-state index contributed by atoms with van der Waals surface area (Å²) in [5, 5.41) is 10.7. The molecule has 1 aliphatic carbocycles. The first kappa shape index (κ1) is 47.0. The Hall–Kier alpha value is -6.94. The molecule has 17 nitrogen and oxygen atoms in total. The molecule has 0 radical (unpaired) electrons. The minimum atomic E-state index is -5.18. The predicted molar refractivity (Wildman–Crippen MR) is 250 cm³/mol. The third-order valence-corrected chi connectivity index (χ3v) is 13.7. The standard InChI is InChI=1S/C46H43N5O12S3/c1-23-17-25(3)43(50-45(52)29-13-9-8-10-14-29)27(5)41(23)48-33-21-35-31(19-38(33)65(57,58)59)40(30-15-11-12-16-37(30)64(54,55)56)32-20-39(66(60,61)62)34(22-36(32)63-35)49-42-24(2)18-26(4)44(28(42)6)51-46(53)47-7/h8-22,49H,1-7H3,(H,50,52)(H2,47,51,53)(H,54,55,56)(H,57,58,59)(H,60,61,62)/b48-33-. The lowest BCUT2D eigenvalue weighted by Gasteiger charge is -2.22. The summed E-state index contributed by atoms with van der Waals surface area (Å²) in [6.07, 6.45) is 0. The van der Waals surface area contributed by atoms with Gasteiger partial charge in [-0.2, -0.15) is 25.3 Å². The average Bonchev–Trinajstić information content (AvgIpc) is 3.24. The molecule has 0 spiro atoms. The number of anilines is 4. The second kappa shape index (κ2) is 17.5. The number of carbonyl (C=O) groups excluding carboxylic acids is 2. The first-order chi connectivity index (χ1) is 30.9. The van der Waals surface area contributed by atoms with Crippen LogP contribution in [0.3, 0.4) is 0 Å². The van der Waals surface area contributed by atoms with Crippen LogP contribution in [0, 0.1) is 41.5 Å². The van der Waals surface area contributed by atoms with E-state index in [9.17, 15) is 48.5 Å². The monoisotopic (exact) mass is 953 g/mol. The number of carbonyl (C=O) groups is 2. The number of fused-ring (bicyclic) bond motifs is 2. The highest BCUT2D eigenvalue weighted by Crippen LogP contribution is 2.46. The molecule has 0 saturated heterocycles. The van der Waals surface area contributed by atoms with Crippen LogP contribution in [-0.2, 0) is 30.4 Å². The predicted octanol–water partition coefficient (Wildman–Crippen LogP) is 8.77. The Morgan fingerprint density at radius 2 is 1.17 bits per heavy atom. The Balaban J connectivity index is 1.58. The van der Waals surface area contributed by atoms with Crippen LogP contribution in [0.25, 0.3) is 33.4 Å². The van der Waals surface area contributed by atoms with E-state index in [2.05, 4.69) is 21.3 Å². The van der Waals surface area contributed by atoms with Gasteiger partial charge in [-0.05, 0) is 105 Å². The molecular formula is C46H43N5O12S3. The van der Waals surface area contributed by atoms with E-state index in [4.69, 9.17) is 9.41 Å². The fourth-order valence-corrected chi connectivity index (χ4v) is 10.0. The van der Waals surface area contributed by atoms with Crippen molar-refractivity contribution in [2.75, 3.05) is 23.0 Å². The Morgan fingerprint density at radius 1 is 0.591 bits per heavy atom. The number of rotatable bonds is 10. The summed E-state index contributed by atoms with van der Waals surface area (Å²) in [6.45, 7) is 10.3. The lowest BCUT2D eigenvalue weighted by atomic mass is 9.93. The lowest BCUT2D eigenvalue weighted by molar-refractivity contribution is 0.102. The van der Waals surface area contributed by atoms with Crippen LogP contribution in [-0.4, -0.2) is 57.9 Å². The molecule has 0 unspecified atom stereocenters. The summed E-state index contributed by atoms with van der Waals surface area (Å²) in [4.78, 5) is 28.2. The van der Waals surface area contributed by atoms with Gasteiger partial charge in [0, 0.05) is 58.2 Å². The Labute approximate surface area is 380 Å². The molecule has 342 valence electrons. The van der Waals surface area contributed by atoms with E-state index in [1.165, 1.54) is 37.4 Å². The molecule has 7 rings (SSSR count). The quantitative estimate of drug-likeness (QED) is 0.0500. The van der Waals surface area contributed by atoms with Crippen LogP contribution in [0.2, 0.25) is 0 Å². The molecule has 0 saturated carbocycles. The second-order valence-corrected chi connectivity index (χ2v) is 19.7. The number of hydrogen-bond acceptors (Lipinski definition) is 11. The zero-order valence-corrected chi connectivity index (χ0v) is 38.8. The second-order valence-electron chi connectivity index (χ2n) is 15.6. The lowest BCUT2D eigenvalue weighted by Crippen LogP contribution is -2.25. The first-order valence-electron chi connectivity index (χ1n) is 19.9. The third kappa shape index (κ3) is 9.14. The summed E-state index contributed by atoms with van der Waals surface area (Å²) >= 11 is 0. The SMILES string of the molecule is CNC(=O)Nc1c(C)cc(C)c(Nc2cc3oc4c/c(=N/c5c(C)cc(C)c(NC(=O)c6ccccc6)c5C)c(S(=O)(=O)O)cc-4c(-c4ccccc4S(=O)(=O)O)c3cc2S(=O)(=O)O)c1C. The van der Waals surface area contributed by atoms with E-state index in [1.54, 1.807) is 84.0 Å². The van der Waals surface area contributed by atoms with Crippen LogP contribution < -0.4 is 26.6 Å². The van der Waals surface area contributed by atoms with Gasteiger partial charge in [0.1, 0.15) is 26.0 Å². The highest BCUT2D eigenvalue weighted by molar-refractivity contribution is 7.86. The summed E-state index contributed by atoms with van der Waals surface area (Å²) < 4.78 is 117. The molecule has 1 heterocycles. The number of hydrogen-bond donors (Lipinski definition) is 7. The average molecular weight is 954 g/mol. The molecule has 20 heteroatoms. The van der Waals surface area contributed by atoms with Crippen molar-refractivity contribution >= 4 is 81.7 Å². The zero-order chi connectivity index (χ0) is 48.2. The van der Waals surface area contributed by atoms with Gasteiger partial charge >= 0.3 is 6.03 Å². The third-order valence-electron chi connectivity index (χ3n) is 11.0. The van der Waals surface area contributed by atoms with Crippen molar-refractivity contribution in [1.29, 1.82) is 0 Å². The molecule has 5 aromatic carbocycles. The van der Waals surface area contributed by atoms with Gasteiger partial charge in [0.2, 0.25) is 0 Å². The maximum atomic E-state index is 13.3. The first-order valence-corrected chi connectivity index (χ1v) is 24.2. The number of amides is 3. The van der Waals surface area contributed by atoms with Crippen molar-refractivity contribution < 1.29 is 52.9 Å². The van der Waals surface area contributed by atoms with Crippen molar-refractivity contribution in [3.8, 4) is 22.5 Å². The molecule has 66 heavy (non-hydrogen) atoms. The van der Waals surface area contributed by atoms with Gasteiger partial charge in [0.05, 0.1) is 22.4 Å². The molecule has 3 amide bonds.